The minimum Gasteiger partial charge on any atom is -0.507 e. The smallest absolute Gasteiger partial charge is 0.285 e. The second kappa shape index (κ2) is 9.68. The third-order valence-electron chi connectivity index (χ3n) is 5.15. The summed E-state index contributed by atoms with van der Waals surface area (Å²) >= 11 is 31.5. The number of H-pyrrole nitrogens is 1. The summed E-state index contributed by atoms with van der Waals surface area (Å²) in [7, 11) is 1.20. The number of hydrogen-bond acceptors (Lipinski definition) is 4. The average Bonchev–Trinajstić information content (AvgIpc) is 3.27. The Bertz CT molecular complexity index is 1540. The zero-order valence-electron chi connectivity index (χ0n) is 17.6. The molecule has 35 heavy (non-hydrogen) atoms. The van der Waals surface area contributed by atoms with E-state index in [0.29, 0.717) is 4.76 Å². The number of ketones is 2. The largest absolute Gasteiger partial charge is 0.507 e. The predicted octanol–water partition coefficient (Wildman–Crippen LogP) is 7.28. The third-order valence-corrected chi connectivity index (χ3v) is 6.96. The quantitative estimate of drug-likeness (QED) is 0.188. The van der Waals surface area contributed by atoms with E-state index in [-0.39, 0.29) is 65.0 Å². The lowest BCUT2D eigenvalue weighted by atomic mass is 10.0. The number of carbonyl (C=O) groups is 2. The minimum absolute atomic E-state index is 0.0246. The van der Waals surface area contributed by atoms with Crippen LogP contribution in [0.15, 0.2) is 48.5 Å². The van der Waals surface area contributed by atoms with Crippen LogP contribution in [0.2, 0.25) is 25.4 Å². The van der Waals surface area contributed by atoms with Crippen LogP contribution in [-0.2, 0) is 0 Å². The first-order chi connectivity index (χ1) is 16.5. The van der Waals surface area contributed by atoms with E-state index in [1.807, 2.05) is 0 Å². The Hall–Kier alpha value is -2.81. The van der Waals surface area contributed by atoms with Crippen molar-refractivity contribution in [2.75, 3.05) is 7.05 Å². The Balaban J connectivity index is 1.98. The number of aromatic nitrogens is 2. The molecule has 0 aliphatic rings. The predicted molar refractivity (Wildman–Crippen MR) is 136 cm³/mol. The lowest BCUT2D eigenvalue weighted by molar-refractivity contribution is -0.428. The number of benzene rings is 2. The number of phenolic OH excluding ortho intramolecular Hbond substituents is 1. The highest BCUT2D eigenvalue weighted by Crippen LogP contribution is 2.40. The topological polar surface area (TPSA) is 95.2 Å². The fraction of sp³-hybridized carbons (Fsp3) is 0.0435. The van der Waals surface area contributed by atoms with Crippen LogP contribution in [0.25, 0.3) is 5.69 Å². The maximum Gasteiger partial charge on any atom is 0.285 e. The van der Waals surface area contributed by atoms with E-state index in [0.717, 1.165) is 4.57 Å². The Morgan fingerprint density at radius 3 is 2.23 bits per heavy atom. The molecule has 0 radical (unpaired) electrons. The molecule has 2 N–H and O–H groups in total. The number of aromatic amines is 1. The van der Waals surface area contributed by atoms with Gasteiger partial charge in [-0.15, -0.1) is 0 Å². The second-order valence-corrected chi connectivity index (χ2v) is 9.22. The van der Waals surface area contributed by atoms with Crippen molar-refractivity contribution in [2.45, 2.75) is 0 Å². The number of carbonyl (C=O) groups excluding carboxylic acids is 2. The Morgan fingerprint density at radius 2 is 1.57 bits per heavy atom. The molecule has 0 unspecified atom stereocenters. The number of hydrogen-bond donors (Lipinski definition) is 2. The first-order valence-corrected chi connectivity index (χ1v) is 11.6. The van der Waals surface area contributed by atoms with Crippen molar-refractivity contribution in [3.63, 3.8) is 0 Å². The minimum atomic E-state index is -0.673. The van der Waals surface area contributed by atoms with Gasteiger partial charge in [0.1, 0.15) is 37.4 Å². The first kappa shape index (κ1) is 25.3. The van der Waals surface area contributed by atoms with Crippen molar-refractivity contribution in [3.05, 3.63) is 101 Å². The molecule has 0 aliphatic heterocycles. The molecule has 4 aromatic rings. The summed E-state index contributed by atoms with van der Waals surface area (Å²) in [5, 5.41) is 9.84. The van der Waals surface area contributed by atoms with Gasteiger partial charge < -0.3 is 10.1 Å². The molecule has 2 heterocycles. The summed E-state index contributed by atoms with van der Waals surface area (Å²) in [5.41, 5.74) is -0.484. The maximum atomic E-state index is 13.6. The summed E-state index contributed by atoms with van der Waals surface area (Å²) in [6, 6.07) is 11.5. The van der Waals surface area contributed by atoms with E-state index in [2.05, 4.69) is 4.98 Å². The summed E-state index contributed by atoms with van der Waals surface area (Å²) in [4.78, 5) is 41.8. The molecular formula is C23H13Cl5N3O4+. The zero-order chi connectivity index (χ0) is 25.6. The Labute approximate surface area is 223 Å². The molecule has 0 saturated heterocycles. The molecule has 7 nitrogen and oxygen atoms in total. The fourth-order valence-corrected chi connectivity index (χ4v) is 4.73. The van der Waals surface area contributed by atoms with Gasteiger partial charge in [-0.2, -0.15) is 0 Å². The number of nitrogens with zero attached hydrogens (tertiary/aromatic N) is 2. The van der Waals surface area contributed by atoms with Gasteiger partial charge in [0.05, 0.1) is 22.0 Å². The fourth-order valence-electron chi connectivity index (χ4n) is 3.61. The number of aromatic hydroxyl groups is 1. The molecule has 4 rings (SSSR count). The van der Waals surface area contributed by atoms with Crippen LogP contribution in [0, 0.1) is 4.91 Å². The van der Waals surface area contributed by atoms with Crippen LogP contribution in [0.3, 0.4) is 0 Å². The second-order valence-electron chi connectivity index (χ2n) is 7.29. The van der Waals surface area contributed by atoms with Gasteiger partial charge in [0.15, 0.2) is 7.05 Å². The van der Waals surface area contributed by atoms with Gasteiger partial charge in [-0.3, -0.25) is 14.2 Å². The van der Waals surface area contributed by atoms with Gasteiger partial charge in [0.2, 0.25) is 11.6 Å². The molecule has 0 amide bonds. The van der Waals surface area contributed by atoms with Crippen LogP contribution >= 0.6 is 58.0 Å². The molecule has 178 valence electrons. The van der Waals surface area contributed by atoms with Crippen LogP contribution in [-0.4, -0.2) is 38.0 Å². The van der Waals surface area contributed by atoms with Crippen LogP contribution in [0.5, 0.6) is 5.75 Å². The molecule has 0 bridgehead atoms. The van der Waals surface area contributed by atoms with Crippen LogP contribution < -0.4 is 0 Å². The molecule has 0 atom stereocenters. The summed E-state index contributed by atoms with van der Waals surface area (Å²) in [6.45, 7) is 0. The highest BCUT2D eigenvalue weighted by atomic mass is 35.5. The van der Waals surface area contributed by atoms with Crippen LogP contribution in [0.1, 0.15) is 32.1 Å². The lowest BCUT2D eigenvalue weighted by Gasteiger charge is -2.12. The van der Waals surface area contributed by atoms with Gasteiger partial charge in [-0.1, -0.05) is 76.2 Å². The number of nitrogens with one attached hydrogen (secondary N) is 1. The normalized spacial score (nSPS) is 11.0. The molecule has 0 spiro atoms. The van der Waals surface area contributed by atoms with Crippen molar-refractivity contribution in [3.8, 4) is 11.4 Å². The molecular weight excluding hydrogens is 560 g/mol. The van der Waals surface area contributed by atoms with E-state index in [9.17, 15) is 19.6 Å². The third kappa shape index (κ3) is 4.35. The number of halogens is 5. The SMILES string of the molecule is C[N+](=O)c1c(Cl)cccc1C(=O)c1cc(Cl)c(Cl)n1-c1c(C(=O)c2ccccc2O)[nH]c(Cl)c1Cl. The number of nitroso groups, excluding NO2 is 1. The number of phenols is 1. The van der Waals surface area contributed by atoms with Gasteiger partial charge in [0.25, 0.3) is 5.69 Å². The van der Waals surface area contributed by atoms with Gasteiger partial charge in [0, 0.05) is 9.67 Å². The zero-order valence-corrected chi connectivity index (χ0v) is 21.4. The average molecular weight is 573 g/mol. The molecule has 2 aromatic heterocycles. The lowest BCUT2D eigenvalue weighted by Crippen LogP contribution is -2.14. The van der Waals surface area contributed by atoms with Gasteiger partial charge in [-0.05, 0) is 30.3 Å². The van der Waals surface area contributed by atoms with Crippen molar-refractivity contribution < 1.29 is 19.5 Å². The van der Waals surface area contributed by atoms with E-state index >= 15 is 0 Å². The summed E-state index contributed by atoms with van der Waals surface area (Å²) in [6.07, 6.45) is 0. The van der Waals surface area contributed by atoms with Crippen molar-refractivity contribution in [1.82, 2.24) is 9.55 Å². The molecule has 0 aliphatic carbocycles. The highest BCUT2D eigenvalue weighted by Gasteiger charge is 2.32. The summed E-state index contributed by atoms with van der Waals surface area (Å²) in [5.74, 6) is -1.62. The first-order valence-electron chi connectivity index (χ1n) is 9.75. The maximum absolute atomic E-state index is 13.6. The molecule has 0 saturated carbocycles. The molecule has 2 aromatic carbocycles. The van der Waals surface area contributed by atoms with E-state index < -0.39 is 11.6 Å². The molecule has 0 fully saturated rings. The standard InChI is InChI=1S/C23H12Cl5N3O4/c1-30(35)18-11(6-4-7-12(18)24)20(33)14-9-13(25)23(28)31(14)19-16(26)22(27)29-17(19)21(34)10-5-2-3-8-15(10)32/h2-9H,1H3,(H-,29,32,34)/p+1. The number of rotatable bonds is 6. The number of para-hydroxylation sites is 2. The molecule has 12 heteroatoms. The van der Waals surface area contributed by atoms with Crippen molar-refractivity contribution in [2.24, 2.45) is 0 Å². The Kier molecular flexibility index (Phi) is 6.99. The van der Waals surface area contributed by atoms with E-state index in [1.165, 1.54) is 43.4 Å². The van der Waals surface area contributed by atoms with Gasteiger partial charge in [-0.25, -0.2) is 0 Å². The Morgan fingerprint density at radius 1 is 0.914 bits per heavy atom. The van der Waals surface area contributed by atoms with Gasteiger partial charge >= 0.3 is 0 Å². The van der Waals surface area contributed by atoms with E-state index in [1.54, 1.807) is 12.1 Å². The highest BCUT2D eigenvalue weighted by molar-refractivity contribution is 6.45. The van der Waals surface area contributed by atoms with E-state index in [4.69, 9.17) is 58.0 Å². The van der Waals surface area contributed by atoms with Crippen LogP contribution in [0.4, 0.5) is 5.69 Å². The monoisotopic (exact) mass is 570 g/mol. The van der Waals surface area contributed by atoms with Crippen molar-refractivity contribution in [1.29, 1.82) is 0 Å². The van der Waals surface area contributed by atoms with Crippen molar-refractivity contribution >= 4 is 75.3 Å². The summed E-state index contributed by atoms with van der Waals surface area (Å²) < 4.78 is 1.61.